The van der Waals surface area contributed by atoms with E-state index in [1.165, 1.54) is 0 Å². The zero-order chi connectivity index (χ0) is 17.9. The number of hydrogen-bond donors (Lipinski definition) is 0. The van der Waals surface area contributed by atoms with Crippen LogP contribution in [0.2, 0.25) is 0 Å². The predicted molar refractivity (Wildman–Crippen MR) is 96.0 cm³/mol. The SMILES string of the molecule is CCCCOC(=O)N1CC2(CC2)N(Cc2ccccc2)C(=O)C1CC. The molecule has 1 saturated carbocycles. The Bertz CT molecular complexity index is 613. The molecule has 0 radical (unpaired) electrons. The van der Waals surface area contributed by atoms with E-state index in [0.29, 0.717) is 26.1 Å². The summed E-state index contributed by atoms with van der Waals surface area (Å²) in [4.78, 5) is 29.3. The van der Waals surface area contributed by atoms with Crippen LogP contribution in [-0.2, 0) is 16.1 Å². The third kappa shape index (κ3) is 3.65. The molecule has 1 atom stereocenters. The average Bonchev–Trinajstić information content (AvgIpc) is 3.39. The van der Waals surface area contributed by atoms with Crippen molar-refractivity contribution in [1.82, 2.24) is 9.80 Å². The zero-order valence-electron chi connectivity index (χ0n) is 15.2. The van der Waals surface area contributed by atoms with Crippen LogP contribution in [0.1, 0.15) is 51.5 Å². The van der Waals surface area contributed by atoms with Crippen LogP contribution in [0, 0.1) is 0 Å². The lowest BCUT2D eigenvalue weighted by Gasteiger charge is -2.45. The molecular weight excluding hydrogens is 316 g/mol. The Morgan fingerprint density at radius 3 is 2.56 bits per heavy atom. The number of carbonyl (C=O) groups is 2. The molecule has 0 bridgehead atoms. The number of benzene rings is 1. The van der Waals surface area contributed by atoms with E-state index in [-0.39, 0.29) is 17.5 Å². The van der Waals surface area contributed by atoms with Gasteiger partial charge in [-0.15, -0.1) is 0 Å². The fourth-order valence-electron chi connectivity index (χ4n) is 3.62. The van der Waals surface area contributed by atoms with Crippen LogP contribution in [0.5, 0.6) is 0 Å². The topological polar surface area (TPSA) is 49.9 Å². The lowest BCUT2D eigenvalue weighted by atomic mass is 10.0. The molecule has 3 rings (SSSR count). The number of hydrogen-bond acceptors (Lipinski definition) is 3. The maximum absolute atomic E-state index is 13.1. The van der Waals surface area contributed by atoms with Crippen molar-refractivity contribution in [1.29, 1.82) is 0 Å². The summed E-state index contributed by atoms with van der Waals surface area (Å²) in [6.45, 7) is 5.66. The molecule has 2 aliphatic rings. The Balaban J connectivity index is 1.75. The standard InChI is InChI=1S/C20H28N2O3/c1-3-5-13-25-19(24)21-15-20(11-12-20)22(18(23)17(21)4-2)14-16-9-7-6-8-10-16/h6-10,17H,3-5,11-15H2,1-2H3. The van der Waals surface area contributed by atoms with Gasteiger partial charge in [0, 0.05) is 13.1 Å². The highest BCUT2D eigenvalue weighted by Gasteiger charge is 2.57. The first-order valence-electron chi connectivity index (χ1n) is 9.40. The largest absolute Gasteiger partial charge is 0.449 e. The van der Waals surface area contributed by atoms with Crippen molar-refractivity contribution < 1.29 is 14.3 Å². The Morgan fingerprint density at radius 1 is 1.24 bits per heavy atom. The average molecular weight is 344 g/mol. The zero-order valence-corrected chi connectivity index (χ0v) is 15.2. The van der Waals surface area contributed by atoms with Crippen molar-refractivity contribution in [2.45, 2.75) is 64.1 Å². The number of nitrogens with zero attached hydrogens (tertiary/aromatic N) is 2. The Morgan fingerprint density at radius 2 is 1.96 bits per heavy atom. The molecular formula is C20H28N2O3. The summed E-state index contributed by atoms with van der Waals surface area (Å²) < 4.78 is 5.39. The van der Waals surface area contributed by atoms with Gasteiger partial charge in [0.25, 0.3) is 0 Å². The molecule has 25 heavy (non-hydrogen) atoms. The van der Waals surface area contributed by atoms with Crippen LogP contribution >= 0.6 is 0 Å². The Labute approximate surface area is 149 Å². The van der Waals surface area contributed by atoms with E-state index in [4.69, 9.17) is 4.74 Å². The van der Waals surface area contributed by atoms with Crippen molar-refractivity contribution in [3.63, 3.8) is 0 Å². The van der Waals surface area contributed by atoms with Gasteiger partial charge in [0.05, 0.1) is 12.1 Å². The fourth-order valence-corrected chi connectivity index (χ4v) is 3.62. The number of rotatable bonds is 6. The van der Waals surface area contributed by atoms with Gasteiger partial charge in [-0.1, -0.05) is 50.6 Å². The normalized spacial score (nSPS) is 21.5. The molecule has 1 aliphatic heterocycles. The van der Waals surface area contributed by atoms with Gasteiger partial charge in [-0.2, -0.15) is 0 Å². The third-order valence-electron chi connectivity index (χ3n) is 5.32. The summed E-state index contributed by atoms with van der Waals surface area (Å²) in [5, 5.41) is 0. The summed E-state index contributed by atoms with van der Waals surface area (Å²) in [6.07, 6.45) is 4.04. The fraction of sp³-hybridized carbons (Fsp3) is 0.600. The monoisotopic (exact) mass is 344 g/mol. The third-order valence-corrected chi connectivity index (χ3v) is 5.32. The van der Waals surface area contributed by atoms with E-state index in [9.17, 15) is 9.59 Å². The number of ether oxygens (including phenoxy) is 1. The molecule has 1 heterocycles. The van der Waals surface area contributed by atoms with Gasteiger partial charge in [0.15, 0.2) is 0 Å². The minimum atomic E-state index is -0.413. The summed E-state index contributed by atoms with van der Waals surface area (Å²) in [7, 11) is 0. The Kier molecular flexibility index (Phi) is 5.30. The molecule has 0 aromatic heterocycles. The molecule has 2 fully saturated rings. The number of carbonyl (C=O) groups excluding carboxylic acids is 2. The van der Waals surface area contributed by atoms with Crippen LogP contribution in [0.25, 0.3) is 0 Å². The van der Waals surface area contributed by atoms with Gasteiger partial charge < -0.3 is 9.64 Å². The van der Waals surface area contributed by atoms with Crippen molar-refractivity contribution in [3.05, 3.63) is 35.9 Å². The second kappa shape index (κ2) is 7.46. The van der Waals surface area contributed by atoms with Crippen LogP contribution in [-0.4, -0.2) is 46.5 Å². The first kappa shape index (κ1) is 17.8. The van der Waals surface area contributed by atoms with Crippen LogP contribution in [0.3, 0.4) is 0 Å². The second-order valence-corrected chi connectivity index (χ2v) is 7.15. The first-order chi connectivity index (χ1) is 12.1. The van der Waals surface area contributed by atoms with E-state index < -0.39 is 6.04 Å². The van der Waals surface area contributed by atoms with E-state index in [2.05, 4.69) is 19.1 Å². The quantitative estimate of drug-likeness (QED) is 0.741. The minimum absolute atomic E-state index is 0.0579. The molecule has 5 nitrogen and oxygen atoms in total. The van der Waals surface area contributed by atoms with Crippen LogP contribution < -0.4 is 0 Å². The maximum Gasteiger partial charge on any atom is 0.410 e. The summed E-state index contributed by atoms with van der Waals surface area (Å²) in [5.41, 5.74) is 0.943. The highest BCUT2D eigenvalue weighted by molar-refractivity contribution is 5.88. The summed E-state index contributed by atoms with van der Waals surface area (Å²) >= 11 is 0. The molecule has 2 amide bonds. The predicted octanol–water partition coefficient (Wildman–Crippen LogP) is 3.58. The lowest BCUT2D eigenvalue weighted by Crippen LogP contribution is -2.64. The van der Waals surface area contributed by atoms with Crippen LogP contribution in [0.15, 0.2) is 30.3 Å². The van der Waals surface area contributed by atoms with E-state index >= 15 is 0 Å². The number of unbranched alkanes of at least 4 members (excludes halogenated alkanes) is 1. The molecule has 5 heteroatoms. The maximum atomic E-state index is 13.1. The van der Waals surface area contributed by atoms with Gasteiger partial charge >= 0.3 is 6.09 Å². The van der Waals surface area contributed by atoms with Gasteiger partial charge in [-0.25, -0.2) is 4.79 Å². The van der Waals surface area contributed by atoms with E-state index in [1.54, 1.807) is 4.90 Å². The van der Waals surface area contributed by atoms with Gasteiger partial charge in [0.2, 0.25) is 5.91 Å². The van der Waals surface area contributed by atoms with Crippen molar-refractivity contribution >= 4 is 12.0 Å². The lowest BCUT2D eigenvalue weighted by molar-refractivity contribution is -0.147. The molecule has 1 aromatic carbocycles. The summed E-state index contributed by atoms with van der Waals surface area (Å²) in [5.74, 6) is 0.0579. The van der Waals surface area contributed by atoms with Crippen molar-refractivity contribution in [2.75, 3.05) is 13.2 Å². The Hall–Kier alpha value is -2.04. The molecule has 1 spiro atoms. The highest BCUT2D eigenvalue weighted by atomic mass is 16.6. The first-order valence-corrected chi connectivity index (χ1v) is 9.40. The molecule has 1 saturated heterocycles. The van der Waals surface area contributed by atoms with Crippen molar-refractivity contribution in [2.24, 2.45) is 0 Å². The van der Waals surface area contributed by atoms with E-state index in [1.807, 2.05) is 30.0 Å². The molecule has 1 aliphatic carbocycles. The molecule has 1 aromatic rings. The second-order valence-electron chi connectivity index (χ2n) is 7.15. The highest BCUT2D eigenvalue weighted by Crippen LogP contribution is 2.47. The molecule has 136 valence electrons. The summed E-state index contributed by atoms with van der Waals surface area (Å²) in [6, 6.07) is 9.67. The molecule has 0 N–H and O–H groups in total. The minimum Gasteiger partial charge on any atom is -0.449 e. The molecule has 1 unspecified atom stereocenters. The number of piperazine rings is 1. The van der Waals surface area contributed by atoms with Crippen LogP contribution in [0.4, 0.5) is 4.79 Å². The van der Waals surface area contributed by atoms with Gasteiger partial charge in [-0.3, -0.25) is 9.69 Å². The van der Waals surface area contributed by atoms with Crippen molar-refractivity contribution in [3.8, 4) is 0 Å². The van der Waals surface area contributed by atoms with Gasteiger partial charge in [0.1, 0.15) is 6.04 Å². The number of amides is 2. The smallest absolute Gasteiger partial charge is 0.410 e. The van der Waals surface area contributed by atoms with Gasteiger partial charge in [-0.05, 0) is 31.2 Å². The van der Waals surface area contributed by atoms with E-state index in [0.717, 1.165) is 31.2 Å².